The van der Waals surface area contributed by atoms with Gasteiger partial charge < -0.3 is 8.83 Å². The van der Waals surface area contributed by atoms with Crippen LogP contribution in [0.3, 0.4) is 0 Å². The fraction of sp³-hybridized carbons (Fsp3) is 0.0682. The summed E-state index contributed by atoms with van der Waals surface area (Å²) in [6.45, 7) is 4.57. The zero-order valence-corrected chi connectivity index (χ0v) is 27.8. The van der Waals surface area contributed by atoms with Crippen LogP contribution in [0.2, 0.25) is 0 Å². The Morgan fingerprint density at radius 1 is 0.392 bits per heavy atom. The molecule has 0 aliphatic heterocycles. The first-order chi connectivity index (χ1) is 25.0. The number of nitrogens with zero attached hydrogens (tertiary/aromatic N) is 5. The molecule has 7 heteroatoms. The summed E-state index contributed by atoms with van der Waals surface area (Å²) < 4.78 is 12.0. The van der Waals surface area contributed by atoms with Gasteiger partial charge in [0.15, 0.2) is 28.6 Å². The summed E-state index contributed by atoms with van der Waals surface area (Å²) in [4.78, 5) is 24.5. The van der Waals surface area contributed by atoms with Crippen LogP contribution < -0.4 is 0 Å². The third-order valence-electron chi connectivity index (χ3n) is 9.84. The van der Waals surface area contributed by atoms with Gasteiger partial charge in [-0.1, -0.05) is 98.8 Å². The molecule has 10 rings (SSSR count). The van der Waals surface area contributed by atoms with Crippen molar-refractivity contribution in [3.8, 4) is 68.2 Å². The average Bonchev–Trinajstić information content (AvgIpc) is 3.88. The summed E-state index contributed by atoms with van der Waals surface area (Å²) >= 11 is 0. The van der Waals surface area contributed by atoms with Crippen molar-refractivity contribution >= 4 is 22.2 Å². The number of benzene rings is 6. The van der Waals surface area contributed by atoms with Crippen molar-refractivity contribution in [1.82, 2.24) is 24.9 Å². The van der Waals surface area contributed by atoms with Gasteiger partial charge in [0.2, 0.25) is 11.8 Å². The molecule has 0 fully saturated rings. The Hall–Kier alpha value is -6.73. The number of fused-ring (bicyclic) bond motifs is 5. The minimum Gasteiger partial charge on any atom is -0.436 e. The zero-order valence-electron chi connectivity index (χ0n) is 27.8. The van der Waals surface area contributed by atoms with Crippen molar-refractivity contribution in [3.63, 3.8) is 0 Å². The van der Waals surface area contributed by atoms with Gasteiger partial charge in [0.1, 0.15) is 11.0 Å². The van der Waals surface area contributed by atoms with E-state index >= 15 is 0 Å². The topological polar surface area (TPSA) is 90.7 Å². The molecule has 9 aromatic rings. The molecule has 0 spiro atoms. The van der Waals surface area contributed by atoms with E-state index < -0.39 is 0 Å². The second-order valence-corrected chi connectivity index (χ2v) is 13.4. The van der Waals surface area contributed by atoms with Gasteiger partial charge in [-0.05, 0) is 76.9 Å². The van der Waals surface area contributed by atoms with Crippen LogP contribution in [0.1, 0.15) is 25.0 Å². The highest BCUT2D eigenvalue weighted by molar-refractivity contribution is 5.84. The van der Waals surface area contributed by atoms with E-state index in [2.05, 4.69) is 66.3 Å². The first-order valence-electron chi connectivity index (χ1n) is 16.9. The SMILES string of the molecule is CC1(C)c2ccccc2-c2cc(-c3nc(-c4ccc(-c5nc6ccccc6o5)cc4)nc(-c4ccc(-c5nc6ccccc6o5)cc4)n3)ccc21. The van der Waals surface area contributed by atoms with E-state index in [-0.39, 0.29) is 5.41 Å². The van der Waals surface area contributed by atoms with Crippen LogP contribution in [0.5, 0.6) is 0 Å². The first-order valence-corrected chi connectivity index (χ1v) is 16.9. The van der Waals surface area contributed by atoms with Crippen molar-refractivity contribution in [3.05, 3.63) is 151 Å². The van der Waals surface area contributed by atoms with Gasteiger partial charge in [-0.3, -0.25) is 0 Å². The molecule has 0 N–H and O–H groups in total. The maximum Gasteiger partial charge on any atom is 0.227 e. The Labute approximate surface area is 293 Å². The number of oxazole rings is 2. The van der Waals surface area contributed by atoms with Gasteiger partial charge in [0.05, 0.1) is 0 Å². The Morgan fingerprint density at radius 3 is 1.37 bits per heavy atom. The molecule has 1 aliphatic rings. The van der Waals surface area contributed by atoms with Crippen LogP contribution in [0.15, 0.2) is 148 Å². The third-order valence-corrected chi connectivity index (χ3v) is 9.84. The second-order valence-electron chi connectivity index (χ2n) is 13.4. The first kappa shape index (κ1) is 29.2. The van der Waals surface area contributed by atoms with Crippen molar-refractivity contribution in [2.75, 3.05) is 0 Å². The Balaban J connectivity index is 1.07. The second kappa shape index (κ2) is 11.1. The monoisotopic (exact) mass is 659 g/mol. The lowest BCUT2D eigenvalue weighted by Gasteiger charge is -2.21. The quantitative estimate of drug-likeness (QED) is 0.182. The van der Waals surface area contributed by atoms with E-state index in [1.807, 2.05) is 97.1 Å². The maximum absolute atomic E-state index is 6.02. The third kappa shape index (κ3) is 4.85. The molecule has 242 valence electrons. The van der Waals surface area contributed by atoms with E-state index in [9.17, 15) is 0 Å². The van der Waals surface area contributed by atoms with Crippen molar-refractivity contribution < 1.29 is 8.83 Å². The fourth-order valence-corrected chi connectivity index (χ4v) is 7.14. The Kier molecular flexibility index (Phi) is 6.39. The summed E-state index contributed by atoms with van der Waals surface area (Å²) in [7, 11) is 0. The molecule has 6 aromatic carbocycles. The molecule has 1 aliphatic carbocycles. The predicted octanol–water partition coefficient (Wildman–Crippen LogP) is 10.8. The van der Waals surface area contributed by atoms with Crippen molar-refractivity contribution in [2.24, 2.45) is 0 Å². The van der Waals surface area contributed by atoms with Gasteiger partial charge in [-0.15, -0.1) is 0 Å². The highest BCUT2D eigenvalue weighted by atomic mass is 16.4. The maximum atomic E-state index is 6.02. The number of hydrogen-bond donors (Lipinski definition) is 0. The molecule has 0 unspecified atom stereocenters. The summed E-state index contributed by atoms with van der Waals surface area (Å²) in [5.74, 6) is 2.89. The van der Waals surface area contributed by atoms with Gasteiger partial charge in [0, 0.05) is 33.2 Å². The van der Waals surface area contributed by atoms with E-state index in [0.29, 0.717) is 29.3 Å². The molecular weight excluding hydrogens is 631 g/mol. The molecular formula is C44H29N5O2. The van der Waals surface area contributed by atoms with Crippen LogP contribution >= 0.6 is 0 Å². The van der Waals surface area contributed by atoms with Gasteiger partial charge in [0.25, 0.3) is 0 Å². The summed E-state index contributed by atoms with van der Waals surface area (Å²) in [5.41, 5.74) is 12.5. The Morgan fingerprint density at radius 2 is 0.824 bits per heavy atom. The average molecular weight is 660 g/mol. The van der Waals surface area contributed by atoms with Gasteiger partial charge in [-0.25, -0.2) is 24.9 Å². The fourth-order valence-electron chi connectivity index (χ4n) is 7.14. The Bertz CT molecular complexity index is 2580. The highest BCUT2D eigenvalue weighted by Crippen LogP contribution is 2.49. The molecule has 0 radical (unpaired) electrons. The minimum atomic E-state index is -0.0905. The molecule has 0 saturated carbocycles. The number of aromatic nitrogens is 5. The molecule has 7 nitrogen and oxygen atoms in total. The van der Waals surface area contributed by atoms with Gasteiger partial charge >= 0.3 is 0 Å². The zero-order chi connectivity index (χ0) is 34.1. The smallest absolute Gasteiger partial charge is 0.227 e. The number of para-hydroxylation sites is 4. The molecule has 0 amide bonds. The van der Waals surface area contributed by atoms with Gasteiger partial charge in [-0.2, -0.15) is 0 Å². The van der Waals surface area contributed by atoms with Crippen LogP contribution in [0, 0.1) is 0 Å². The summed E-state index contributed by atoms with van der Waals surface area (Å²) in [6, 6.07) is 46.7. The molecule has 3 heterocycles. The standard InChI is InChI=1S/C44H29N5O2/c1-44(2)33-10-4-3-9-31(33)32-25-30(23-24-34(32)44)41-48-39(26-15-19-28(20-16-26)42-45-35-11-5-7-13-37(35)50-42)47-40(49-41)27-17-21-29(22-18-27)43-46-36-12-6-8-14-38(36)51-43/h3-25H,1-2H3. The van der Waals surface area contributed by atoms with E-state index in [1.165, 1.54) is 22.3 Å². The molecule has 0 saturated heterocycles. The minimum absolute atomic E-state index is 0.0905. The van der Waals surface area contributed by atoms with E-state index in [0.717, 1.165) is 50.0 Å². The normalized spacial score (nSPS) is 13.1. The van der Waals surface area contributed by atoms with Crippen LogP contribution in [-0.4, -0.2) is 24.9 Å². The number of hydrogen-bond acceptors (Lipinski definition) is 7. The van der Waals surface area contributed by atoms with Crippen molar-refractivity contribution in [2.45, 2.75) is 19.3 Å². The largest absolute Gasteiger partial charge is 0.436 e. The number of rotatable bonds is 5. The van der Waals surface area contributed by atoms with E-state index in [1.54, 1.807) is 0 Å². The molecule has 0 atom stereocenters. The summed E-state index contributed by atoms with van der Waals surface area (Å²) in [5, 5.41) is 0. The van der Waals surface area contributed by atoms with Crippen molar-refractivity contribution in [1.29, 1.82) is 0 Å². The molecule has 3 aromatic heterocycles. The summed E-state index contributed by atoms with van der Waals surface area (Å²) in [6.07, 6.45) is 0. The van der Waals surface area contributed by atoms with Crippen LogP contribution in [-0.2, 0) is 5.41 Å². The lowest BCUT2D eigenvalue weighted by atomic mass is 9.82. The van der Waals surface area contributed by atoms with Crippen LogP contribution in [0.4, 0.5) is 0 Å². The lowest BCUT2D eigenvalue weighted by Crippen LogP contribution is -2.14. The lowest BCUT2D eigenvalue weighted by molar-refractivity contribution is 0.619. The molecule has 51 heavy (non-hydrogen) atoms. The molecule has 0 bridgehead atoms. The van der Waals surface area contributed by atoms with E-state index in [4.69, 9.17) is 23.8 Å². The predicted molar refractivity (Wildman–Crippen MR) is 200 cm³/mol. The highest BCUT2D eigenvalue weighted by Gasteiger charge is 2.35. The van der Waals surface area contributed by atoms with Crippen LogP contribution in [0.25, 0.3) is 90.4 Å².